The molecule has 0 spiro atoms. The molecule has 162 valence electrons. The van der Waals surface area contributed by atoms with Crippen LogP contribution in [0.4, 0.5) is 11.4 Å². The molecule has 2 aromatic heterocycles. The first-order valence-corrected chi connectivity index (χ1v) is 11.0. The number of rotatable bonds is 8. The Balaban J connectivity index is 1.43. The number of nitrogens with one attached hydrogen (secondary N) is 1. The largest absolute Gasteiger partial charge is 0.495 e. The van der Waals surface area contributed by atoms with Gasteiger partial charge < -0.3 is 19.4 Å². The number of amides is 2. The van der Waals surface area contributed by atoms with Crippen LogP contribution >= 0.6 is 11.8 Å². The van der Waals surface area contributed by atoms with E-state index in [1.54, 1.807) is 42.5 Å². The second-order valence-electron chi connectivity index (χ2n) is 6.90. The smallest absolute Gasteiger partial charge is 0.234 e. The topological polar surface area (TPSA) is 102 Å². The molecule has 10 heteroatoms. The predicted octanol–water partition coefficient (Wildman–Crippen LogP) is 3.42. The highest BCUT2D eigenvalue weighted by Crippen LogP contribution is 2.34. The normalized spacial score (nSPS) is 13.6. The lowest BCUT2D eigenvalue weighted by molar-refractivity contribution is -0.117. The summed E-state index contributed by atoms with van der Waals surface area (Å²) in [6.07, 6.45) is 2.92. The first kappa shape index (κ1) is 21.0. The van der Waals surface area contributed by atoms with Crippen LogP contribution in [0.5, 0.6) is 5.75 Å². The molecular formula is C21H23N5O4S. The van der Waals surface area contributed by atoms with E-state index in [2.05, 4.69) is 15.5 Å². The number of nitrogens with zero attached hydrogens (tertiary/aromatic N) is 4. The number of hydrogen-bond acceptors (Lipinski definition) is 7. The van der Waals surface area contributed by atoms with E-state index < -0.39 is 0 Å². The Bertz CT molecular complexity index is 1080. The van der Waals surface area contributed by atoms with E-state index in [0.717, 1.165) is 6.42 Å². The fourth-order valence-electron chi connectivity index (χ4n) is 3.48. The van der Waals surface area contributed by atoms with Gasteiger partial charge in [-0.2, -0.15) is 0 Å². The second kappa shape index (κ2) is 9.25. The molecule has 1 aliphatic heterocycles. The molecule has 1 aromatic carbocycles. The van der Waals surface area contributed by atoms with Crippen molar-refractivity contribution in [3.8, 4) is 17.3 Å². The molecule has 4 rings (SSSR count). The van der Waals surface area contributed by atoms with E-state index in [4.69, 9.17) is 9.15 Å². The summed E-state index contributed by atoms with van der Waals surface area (Å²) in [7, 11) is 1.56. The molecule has 0 saturated carbocycles. The summed E-state index contributed by atoms with van der Waals surface area (Å²) in [5.74, 6) is 1.91. The number of carbonyl (C=O) groups excluding carboxylic acids is 2. The first-order chi connectivity index (χ1) is 15.1. The van der Waals surface area contributed by atoms with Gasteiger partial charge in [0.25, 0.3) is 0 Å². The molecule has 1 fully saturated rings. The van der Waals surface area contributed by atoms with Crippen LogP contribution in [0.25, 0.3) is 11.6 Å². The number of furan rings is 1. The summed E-state index contributed by atoms with van der Waals surface area (Å²) in [4.78, 5) is 26.4. The van der Waals surface area contributed by atoms with Crippen molar-refractivity contribution < 1.29 is 18.7 Å². The zero-order chi connectivity index (χ0) is 21.8. The Morgan fingerprint density at radius 3 is 2.87 bits per heavy atom. The molecule has 0 radical (unpaired) electrons. The van der Waals surface area contributed by atoms with Crippen LogP contribution in [0.2, 0.25) is 0 Å². The number of methoxy groups -OCH3 is 1. The maximum absolute atomic E-state index is 12.6. The van der Waals surface area contributed by atoms with Crippen molar-refractivity contribution in [2.75, 3.05) is 29.6 Å². The van der Waals surface area contributed by atoms with Crippen molar-refractivity contribution in [2.45, 2.75) is 31.5 Å². The fourth-order valence-corrected chi connectivity index (χ4v) is 4.28. The van der Waals surface area contributed by atoms with Crippen molar-refractivity contribution in [1.82, 2.24) is 14.8 Å². The van der Waals surface area contributed by atoms with Gasteiger partial charge in [0.1, 0.15) is 5.75 Å². The zero-order valence-electron chi connectivity index (χ0n) is 17.3. The van der Waals surface area contributed by atoms with Gasteiger partial charge >= 0.3 is 0 Å². The highest BCUT2D eigenvalue weighted by molar-refractivity contribution is 7.99. The molecule has 0 atom stereocenters. The Morgan fingerprint density at radius 1 is 1.32 bits per heavy atom. The maximum atomic E-state index is 12.6. The summed E-state index contributed by atoms with van der Waals surface area (Å²) in [6, 6.07) is 8.91. The lowest BCUT2D eigenvalue weighted by Crippen LogP contribution is -2.24. The van der Waals surface area contributed by atoms with E-state index in [1.165, 1.54) is 11.8 Å². The molecule has 0 unspecified atom stereocenters. The number of carbonyl (C=O) groups is 2. The highest BCUT2D eigenvalue weighted by atomic mass is 32.2. The summed E-state index contributed by atoms with van der Waals surface area (Å²) in [6.45, 7) is 3.28. The molecular weight excluding hydrogens is 418 g/mol. The number of anilines is 2. The zero-order valence-corrected chi connectivity index (χ0v) is 18.1. The van der Waals surface area contributed by atoms with Crippen molar-refractivity contribution in [1.29, 1.82) is 0 Å². The third kappa shape index (κ3) is 4.43. The monoisotopic (exact) mass is 441 g/mol. The number of ether oxygens (including phenoxy) is 1. The highest BCUT2D eigenvalue weighted by Gasteiger charge is 2.25. The molecule has 2 amide bonds. The molecule has 31 heavy (non-hydrogen) atoms. The minimum atomic E-state index is -0.181. The lowest BCUT2D eigenvalue weighted by Gasteiger charge is -2.20. The summed E-state index contributed by atoms with van der Waals surface area (Å²) < 4.78 is 12.7. The van der Waals surface area contributed by atoms with E-state index >= 15 is 0 Å². The van der Waals surface area contributed by atoms with Gasteiger partial charge in [0, 0.05) is 25.2 Å². The summed E-state index contributed by atoms with van der Waals surface area (Å²) in [5, 5.41) is 11.9. The van der Waals surface area contributed by atoms with Crippen LogP contribution in [0.1, 0.15) is 19.8 Å². The van der Waals surface area contributed by atoms with Gasteiger partial charge in [-0.05, 0) is 43.7 Å². The molecule has 3 aromatic rings. The predicted molar refractivity (Wildman–Crippen MR) is 117 cm³/mol. The van der Waals surface area contributed by atoms with Crippen LogP contribution in [-0.2, 0) is 16.1 Å². The average Bonchev–Trinajstić information content (AvgIpc) is 3.52. The van der Waals surface area contributed by atoms with Gasteiger partial charge in [0.05, 0.1) is 24.8 Å². The molecule has 3 heterocycles. The molecule has 1 saturated heterocycles. The third-order valence-corrected chi connectivity index (χ3v) is 5.90. The Kier molecular flexibility index (Phi) is 6.26. The standard InChI is InChI=1S/C21H23N5O4S/c1-3-25-20(17-6-5-11-30-17)23-24-21(25)31-13-18(27)22-14-8-9-16(29-2)15(12-14)26-10-4-7-19(26)28/h5-6,8-9,11-12H,3-4,7,10,13H2,1-2H3,(H,22,27). The van der Waals surface area contributed by atoms with E-state index in [9.17, 15) is 9.59 Å². The summed E-state index contributed by atoms with van der Waals surface area (Å²) >= 11 is 1.30. The molecule has 1 aliphatic rings. The van der Waals surface area contributed by atoms with Crippen LogP contribution in [-0.4, -0.2) is 46.0 Å². The molecule has 0 aliphatic carbocycles. The van der Waals surface area contributed by atoms with Crippen molar-refractivity contribution >= 4 is 35.0 Å². The van der Waals surface area contributed by atoms with Crippen LogP contribution in [0.3, 0.4) is 0 Å². The van der Waals surface area contributed by atoms with Crippen LogP contribution < -0.4 is 15.0 Å². The Morgan fingerprint density at radius 2 is 2.19 bits per heavy atom. The van der Waals surface area contributed by atoms with Gasteiger partial charge in [-0.25, -0.2) is 0 Å². The second-order valence-corrected chi connectivity index (χ2v) is 7.84. The maximum Gasteiger partial charge on any atom is 0.234 e. The number of hydrogen-bond donors (Lipinski definition) is 1. The summed E-state index contributed by atoms with van der Waals surface area (Å²) in [5.41, 5.74) is 1.28. The van der Waals surface area contributed by atoms with Gasteiger partial charge in [-0.3, -0.25) is 14.2 Å². The van der Waals surface area contributed by atoms with Crippen molar-refractivity contribution in [3.05, 3.63) is 36.6 Å². The Labute approximate surface area is 183 Å². The van der Waals surface area contributed by atoms with E-state index in [1.807, 2.05) is 17.6 Å². The minimum Gasteiger partial charge on any atom is -0.495 e. The SMILES string of the molecule is CCn1c(SCC(=O)Nc2ccc(OC)c(N3CCCC3=O)c2)nnc1-c1ccco1. The van der Waals surface area contributed by atoms with Gasteiger partial charge in [0.15, 0.2) is 16.7 Å². The number of aromatic nitrogens is 3. The number of benzene rings is 1. The third-order valence-electron chi connectivity index (χ3n) is 4.93. The van der Waals surface area contributed by atoms with Crippen molar-refractivity contribution in [2.24, 2.45) is 0 Å². The average molecular weight is 442 g/mol. The molecule has 1 N–H and O–H groups in total. The van der Waals surface area contributed by atoms with E-state index in [-0.39, 0.29) is 17.6 Å². The minimum absolute atomic E-state index is 0.0589. The fraction of sp³-hybridized carbons (Fsp3) is 0.333. The van der Waals surface area contributed by atoms with Crippen molar-refractivity contribution in [3.63, 3.8) is 0 Å². The number of thioether (sulfide) groups is 1. The van der Waals surface area contributed by atoms with Crippen LogP contribution in [0.15, 0.2) is 46.2 Å². The quantitative estimate of drug-likeness (QED) is 0.534. The van der Waals surface area contributed by atoms with E-state index in [0.29, 0.717) is 53.4 Å². The van der Waals surface area contributed by atoms with Gasteiger partial charge in [0.2, 0.25) is 11.8 Å². The van der Waals surface area contributed by atoms with Crippen LogP contribution in [0, 0.1) is 0 Å². The molecule has 9 nitrogen and oxygen atoms in total. The first-order valence-electron chi connectivity index (χ1n) is 9.98. The lowest BCUT2D eigenvalue weighted by atomic mass is 10.2. The van der Waals surface area contributed by atoms with Gasteiger partial charge in [-0.15, -0.1) is 10.2 Å². The Hall–Kier alpha value is -3.27. The molecule has 0 bridgehead atoms. The van der Waals surface area contributed by atoms with Gasteiger partial charge in [-0.1, -0.05) is 11.8 Å².